The van der Waals surface area contributed by atoms with Crippen LogP contribution < -0.4 is 0 Å². The van der Waals surface area contributed by atoms with Crippen LogP contribution in [-0.2, 0) is 52.1 Å². The molecule has 1 unspecified atom stereocenters. The Morgan fingerprint density at radius 1 is 0.254 bits per heavy atom. The maximum atomic E-state index is 11.4. The molecular weight excluding hydrogens is 928 g/mol. The molecule has 0 amide bonds. The van der Waals surface area contributed by atoms with E-state index in [0.717, 1.165) is 0 Å². The Morgan fingerprint density at radius 2 is 0.522 bits per heavy atom. The van der Waals surface area contributed by atoms with Crippen molar-refractivity contribution in [3.8, 4) is 0 Å². The third-order valence-electron chi connectivity index (χ3n) is 12.4. The number of ether oxygens (including phenoxy) is 11. The Morgan fingerprint density at radius 3 is 0.896 bits per heavy atom. The first kappa shape index (κ1) is 55.1. The van der Waals surface area contributed by atoms with Gasteiger partial charge in [-0.05, 0) is 0 Å². The van der Waals surface area contributed by atoms with Crippen LogP contribution in [0.2, 0.25) is 0 Å². The lowest BCUT2D eigenvalue weighted by Gasteiger charge is -2.47. The van der Waals surface area contributed by atoms with Crippen LogP contribution in [0.4, 0.5) is 0 Å². The van der Waals surface area contributed by atoms with E-state index in [9.17, 15) is 102 Å². The average molecular weight is 991 g/mol. The Kier molecular flexibility index (Phi) is 19.4. The summed E-state index contributed by atoms with van der Waals surface area (Å²) in [5.41, 5.74) is 0. The molecule has 6 saturated heterocycles. The molecule has 6 fully saturated rings. The second kappa shape index (κ2) is 23.5. The maximum absolute atomic E-state index is 11.4. The Labute approximate surface area is 378 Å². The van der Waals surface area contributed by atoms with Gasteiger partial charge in [-0.2, -0.15) is 0 Å². The standard InChI is InChI=1S/C36H62O31/c37-1-7-13(39)20(46)25(51)32(62-7)59-6-12-18(44)30(67-36-28(54)21(47)14(40)8(2-38)63-36)29(55)35(66-12)60-5-11-17(43)23(49)27(53)34(65-11)58-4-10-16(42)22(48)26(52)33(64-10)57-3-9-15(41)19(45)24(50)31(56)61-9/h7-56H,1-6H2/t7-,8-,9-,10-,11-,12-,13-,14-,15-,16-,17-,18-,19+,20+,21+,22+,23+,24-,25-,26-,27-,28-,29-,30+,31?,32-,33-,34-,35-,36+/m1/s1. The molecule has 6 aliphatic rings. The van der Waals surface area contributed by atoms with E-state index in [-0.39, 0.29) is 0 Å². The molecule has 67 heavy (non-hydrogen) atoms. The Hall–Kier alpha value is -1.24. The number of hydrogen-bond donors (Lipinski definition) is 20. The number of hydrogen-bond acceptors (Lipinski definition) is 31. The Balaban J connectivity index is 1.11. The van der Waals surface area contributed by atoms with Gasteiger partial charge in [0.25, 0.3) is 0 Å². The second-order valence-electron chi connectivity index (χ2n) is 16.9. The van der Waals surface area contributed by atoms with Gasteiger partial charge in [0, 0.05) is 0 Å². The van der Waals surface area contributed by atoms with Crippen molar-refractivity contribution >= 4 is 0 Å². The average Bonchev–Trinajstić information content (AvgIpc) is 3.31. The van der Waals surface area contributed by atoms with Crippen LogP contribution in [0.3, 0.4) is 0 Å². The van der Waals surface area contributed by atoms with E-state index >= 15 is 0 Å². The van der Waals surface area contributed by atoms with Crippen molar-refractivity contribution in [3.05, 3.63) is 0 Å². The molecule has 0 aromatic rings. The van der Waals surface area contributed by atoms with Gasteiger partial charge in [0.1, 0.15) is 146 Å². The molecule has 6 rings (SSSR count). The van der Waals surface area contributed by atoms with Crippen LogP contribution in [0.25, 0.3) is 0 Å². The van der Waals surface area contributed by atoms with Gasteiger partial charge in [0.05, 0.1) is 39.6 Å². The number of rotatable bonds is 16. The lowest BCUT2D eigenvalue weighted by molar-refractivity contribution is -0.371. The molecule has 31 nitrogen and oxygen atoms in total. The first-order valence-electron chi connectivity index (χ1n) is 21.1. The molecule has 31 heteroatoms. The van der Waals surface area contributed by atoms with Gasteiger partial charge < -0.3 is 154 Å². The lowest BCUT2D eigenvalue weighted by atomic mass is 9.96. The molecule has 6 heterocycles. The molecule has 20 N–H and O–H groups in total. The molecule has 6 aliphatic heterocycles. The molecule has 0 spiro atoms. The fourth-order valence-corrected chi connectivity index (χ4v) is 8.09. The van der Waals surface area contributed by atoms with Crippen LogP contribution >= 0.6 is 0 Å². The zero-order valence-electron chi connectivity index (χ0n) is 35.0. The SMILES string of the molecule is OC[C@H]1O[C@@H](OC[C@H]2O[C@@H](OC[C@H]3O[C@@H](OC[C@H]4O[C@@H](OC[C@H]5OC(O)[C@H](O)[C@@H](O)[C@@H]5O)[C@H](O)[C@@H](O)[C@@H]4O)[C@H](O)[C@@H](O)[C@@H]3O)[C@H](O)[C@@H](O[C@@H]3O[C@H](CO)[C@@H](O)[C@H](O)[C@H]3O)[C@@H]2O)[C@H](O)[C@@H](O)[C@@H]1O. The monoisotopic (exact) mass is 990 g/mol. The van der Waals surface area contributed by atoms with Crippen molar-refractivity contribution < 1.29 is 154 Å². The van der Waals surface area contributed by atoms with E-state index in [2.05, 4.69) is 0 Å². The zero-order chi connectivity index (χ0) is 49.3. The molecule has 0 aromatic carbocycles. The van der Waals surface area contributed by atoms with Crippen LogP contribution in [0.1, 0.15) is 0 Å². The predicted octanol–water partition coefficient (Wildman–Crippen LogP) is -14.1. The normalized spacial score (nSPS) is 53.4. The smallest absolute Gasteiger partial charge is 0.187 e. The van der Waals surface area contributed by atoms with Crippen molar-refractivity contribution in [1.82, 2.24) is 0 Å². The van der Waals surface area contributed by atoms with Crippen LogP contribution in [0, 0.1) is 0 Å². The molecule has 0 radical (unpaired) electrons. The van der Waals surface area contributed by atoms with Crippen LogP contribution in [-0.4, -0.2) is 326 Å². The third-order valence-corrected chi connectivity index (χ3v) is 12.4. The van der Waals surface area contributed by atoms with Gasteiger partial charge in [-0.15, -0.1) is 0 Å². The van der Waals surface area contributed by atoms with E-state index < -0.39 is 224 Å². The van der Waals surface area contributed by atoms with Gasteiger partial charge in [-0.3, -0.25) is 0 Å². The van der Waals surface area contributed by atoms with Crippen molar-refractivity contribution in [3.63, 3.8) is 0 Å². The molecule has 0 saturated carbocycles. The fourth-order valence-electron chi connectivity index (χ4n) is 8.09. The highest BCUT2D eigenvalue weighted by Crippen LogP contribution is 2.33. The van der Waals surface area contributed by atoms with E-state index in [1.807, 2.05) is 0 Å². The van der Waals surface area contributed by atoms with Crippen LogP contribution in [0.5, 0.6) is 0 Å². The predicted molar refractivity (Wildman–Crippen MR) is 199 cm³/mol. The van der Waals surface area contributed by atoms with Crippen molar-refractivity contribution in [2.24, 2.45) is 0 Å². The molecule has 392 valence electrons. The summed E-state index contributed by atoms with van der Waals surface area (Å²) in [5.74, 6) is 0. The number of aliphatic hydroxyl groups excluding tert-OH is 20. The molecule has 0 bridgehead atoms. The van der Waals surface area contributed by atoms with Crippen molar-refractivity contribution in [2.75, 3.05) is 39.6 Å². The summed E-state index contributed by atoms with van der Waals surface area (Å²) in [5, 5.41) is 208. The highest BCUT2D eigenvalue weighted by atomic mass is 16.8. The van der Waals surface area contributed by atoms with Gasteiger partial charge in [-0.1, -0.05) is 0 Å². The summed E-state index contributed by atoms with van der Waals surface area (Å²) in [7, 11) is 0. The fraction of sp³-hybridized carbons (Fsp3) is 1.00. The highest BCUT2D eigenvalue weighted by Gasteiger charge is 2.54. The van der Waals surface area contributed by atoms with Gasteiger partial charge in [0.2, 0.25) is 0 Å². The van der Waals surface area contributed by atoms with Crippen molar-refractivity contribution in [2.45, 2.75) is 184 Å². The van der Waals surface area contributed by atoms with E-state index in [4.69, 9.17) is 52.1 Å². The summed E-state index contributed by atoms with van der Waals surface area (Å²) < 4.78 is 60.3. The minimum Gasteiger partial charge on any atom is -0.394 e. The molecule has 0 aromatic heterocycles. The number of aliphatic hydroxyl groups is 20. The maximum Gasteiger partial charge on any atom is 0.187 e. The minimum absolute atomic E-state index is 0.707. The summed E-state index contributed by atoms with van der Waals surface area (Å²) >= 11 is 0. The lowest BCUT2D eigenvalue weighted by Crippen LogP contribution is -2.65. The summed E-state index contributed by atoms with van der Waals surface area (Å²) in [6.07, 6.45) is -55.5. The minimum atomic E-state index is -2.11. The molecule has 0 aliphatic carbocycles. The van der Waals surface area contributed by atoms with Gasteiger partial charge in [0.15, 0.2) is 37.7 Å². The van der Waals surface area contributed by atoms with E-state index in [1.165, 1.54) is 0 Å². The van der Waals surface area contributed by atoms with E-state index in [0.29, 0.717) is 0 Å². The molecule has 30 atom stereocenters. The van der Waals surface area contributed by atoms with E-state index in [1.54, 1.807) is 0 Å². The zero-order valence-corrected chi connectivity index (χ0v) is 35.0. The topological polar surface area (TPSA) is 506 Å². The first-order chi connectivity index (χ1) is 31.6. The summed E-state index contributed by atoms with van der Waals surface area (Å²) in [6, 6.07) is 0. The highest BCUT2D eigenvalue weighted by molar-refractivity contribution is 4.97. The second-order valence-corrected chi connectivity index (χ2v) is 16.9. The quantitative estimate of drug-likeness (QED) is 0.0683. The van der Waals surface area contributed by atoms with Crippen molar-refractivity contribution in [1.29, 1.82) is 0 Å². The summed E-state index contributed by atoms with van der Waals surface area (Å²) in [4.78, 5) is 0. The first-order valence-corrected chi connectivity index (χ1v) is 21.1. The largest absolute Gasteiger partial charge is 0.394 e. The third kappa shape index (κ3) is 11.8. The Bertz CT molecular complexity index is 1510. The van der Waals surface area contributed by atoms with Gasteiger partial charge in [-0.25, -0.2) is 0 Å². The van der Waals surface area contributed by atoms with Gasteiger partial charge >= 0.3 is 0 Å². The van der Waals surface area contributed by atoms with Crippen LogP contribution in [0.15, 0.2) is 0 Å². The molecular formula is C36H62O31. The summed E-state index contributed by atoms with van der Waals surface area (Å²) in [6.45, 7) is -4.90.